The minimum Gasteiger partial charge on any atom is -0.390 e. The second-order valence-electron chi connectivity index (χ2n) is 6.72. The van der Waals surface area contributed by atoms with Crippen LogP contribution in [0.15, 0.2) is 18.2 Å². The van der Waals surface area contributed by atoms with Crippen LogP contribution in [-0.2, 0) is 6.54 Å². The Morgan fingerprint density at radius 1 is 1.09 bits per heavy atom. The van der Waals surface area contributed by atoms with Gasteiger partial charge in [0.15, 0.2) is 0 Å². The standard InChI is InChI=1S/C18H28ClN3O/c19-17-6-5-7-18(22-10-3-4-11-22)16(17)13-20-12-15(23)14-21-8-1-2-9-21/h5-7,15,20,23H,1-4,8-14H2. The first-order valence-electron chi connectivity index (χ1n) is 8.87. The van der Waals surface area contributed by atoms with E-state index in [9.17, 15) is 5.11 Å². The summed E-state index contributed by atoms with van der Waals surface area (Å²) in [6.45, 7) is 6.58. The Labute approximate surface area is 144 Å². The van der Waals surface area contributed by atoms with Crippen molar-refractivity contribution in [2.45, 2.75) is 38.3 Å². The van der Waals surface area contributed by atoms with Crippen LogP contribution in [0, 0.1) is 0 Å². The van der Waals surface area contributed by atoms with Crippen molar-refractivity contribution in [1.29, 1.82) is 0 Å². The van der Waals surface area contributed by atoms with Crippen LogP contribution in [0.5, 0.6) is 0 Å². The number of halogens is 1. The third kappa shape index (κ3) is 4.60. The van der Waals surface area contributed by atoms with Crippen molar-refractivity contribution in [3.63, 3.8) is 0 Å². The van der Waals surface area contributed by atoms with E-state index in [-0.39, 0.29) is 6.10 Å². The molecule has 5 heteroatoms. The number of β-amino-alcohol motifs (C(OH)–C–C–N with tert-alkyl or cyclic N) is 1. The monoisotopic (exact) mass is 337 g/mol. The molecule has 3 rings (SSSR count). The van der Waals surface area contributed by atoms with Crippen LogP contribution in [0.25, 0.3) is 0 Å². The molecule has 0 bridgehead atoms. The summed E-state index contributed by atoms with van der Waals surface area (Å²) in [6.07, 6.45) is 4.73. The second-order valence-corrected chi connectivity index (χ2v) is 7.13. The molecule has 2 aliphatic heterocycles. The number of nitrogens with zero attached hydrogens (tertiary/aromatic N) is 2. The summed E-state index contributed by atoms with van der Waals surface area (Å²) >= 11 is 6.42. The fourth-order valence-corrected chi connectivity index (χ4v) is 3.90. The first kappa shape index (κ1) is 17.0. The van der Waals surface area contributed by atoms with Crippen molar-refractivity contribution < 1.29 is 5.11 Å². The van der Waals surface area contributed by atoms with E-state index in [2.05, 4.69) is 21.2 Å². The first-order valence-corrected chi connectivity index (χ1v) is 9.25. The van der Waals surface area contributed by atoms with Crippen molar-refractivity contribution in [2.24, 2.45) is 0 Å². The molecule has 23 heavy (non-hydrogen) atoms. The molecule has 1 aromatic rings. The lowest BCUT2D eigenvalue weighted by Crippen LogP contribution is -2.37. The van der Waals surface area contributed by atoms with Gasteiger partial charge in [-0.2, -0.15) is 0 Å². The van der Waals surface area contributed by atoms with Crippen LogP contribution in [0.3, 0.4) is 0 Å². The minimum atomic E-state index is -0.314. The van der Waals surface area contributed by atoms with Crippen LogP contribution in [0.1, 0.15) is 31.2 Å². The number of benzene rings is 1. The van der Waals surface area contributed by atoms with Gasteiger partial charge in [-0.3, -0.25) is 0 Å². The lowest BCUT2D eigenvalue weighted by molar-refractivity contribution is 0.123. The summed E-state index contributed by atoms with van der Waals surface area (Å²) < 4.78 is 0. The summed E-state index contributed by atoms with van der Waals surface area (Å²) in [7, 11) is 0. The summed E-state index contributed by atoms with van der Waals surface area (Å²) in [5.74, 6) is 0. The fourth-order valence-electron chi connectivity index (χ4n) is 3.67. The highest BCUT2D eigenvalue weighted by molar-refractivity contribution is 6.31. The van der Waals surface area contributed by atoms with Crippen LogP contribution in [-0.4, -0.2) is 55.4 Å². The molecule has 1 unspecified atom stereocenters. The van der Waals surface area contributed by atoms with E-state index >= 15 is 0 Å². The third-order valence-corrected chi connectivity index (χ3v) is 5.24. The second kappa shape index (κ2) is 8.34. The highest BCUT2D eigenvalue weighted by Gasteiger charge is 2.18. The number of hydrogen-bond acceptors (Lipinski definition) is 4. The van der Waals surface area contributed by atoms with Gasteiger partial charge in [0.25, 0.3) is 0 Å². The molecule has 2 N–H and O–H groups in total. The Kier molecular flexibility index (Phi) is 6.17. The predicted molar refractivity (Wildman–Crippen MR) is 96.3 cm³/mol. The maximum Gasteiger partial charge on any atom is 0.0791 e. The first-order chi connectivity index (χ1) is 11.2. The number of anilines is 1. The number of likely N-dealkylation sites (tertiary alicyclic amines) is 1. The smallest absolute Gasteiger partial charge is 0.0791 e. The highest BCUT2D eigenvalue weighted by atomic mass is 35.5. The van der Waals surface area contributed by atoms with Gasteiger partial charge in [0.1, 0.15) is 0 Å². The Morgan fingerprint density at radius 2 is 1.78 bits per heavy atom. The van der Waals surface area contributed by atoms with Crippen molar-refractivity contribution in [1.82, 2.24) is 10.2 Å². The van der Waals surface area contributed by atoms with Crippen LogP contribution < -0.4 is 10.2 Å². The topological polar surface area (TPSA) is 38.7 Å². The van der Waals surface area contributed by atoms with Gasteiger partial charge in [0.05, 0.1) is 6.10 Å². The third-order valence-electron chi connectivity index (χ3n) is 4.89. The van der Waals surface area contributed by atoms with Crippen LogP contribution >= 0.6 is 11.6 Å². The van der Waals surface area contributed by atoms with E-state index in [1.807, 2.05) is 12.1 Å². The molecule has 0 spiro atoms. The van der Waals surface area contributed by atoms with E-state index in [0.717, 1.165) is 43.3 Å². The van der Waals surface area contributed by atoms with Gasteiger partial charge in [-0.05, 0) is 50.9 Å². The predicted octanol–water partition coefficient (Wildman–Crippen LogP) is 2.49. The average Bonchev–Trinajstić information content (AvgIpc) is 3.22. The molecular weight excluding hydrogens is 310 g/mol. The molecule has 0 aromatic heterocycles. The van der Waals surface area contributed by atoms with Gasteiger partial charge >= 0.3 is 0 Å². The number of aliphatic hydroxyl groups excluding tert-OH is 1. The Balaban J connectivity index is 1.52. The zero-order chi connectivity index (χ0) is 16.1. The lowest BCUT2D eigenvalue weighted by Gasteiger charge is -2.23. The van der Waals surface area contributed by atoms with Crippen LogP contribution in [0.4, 0.5) is 5.69 Å². The summed E-state index contributed by atoms with van der Waals surface area (Å²) in [5.41, 5.74) is 2.40. The van der Waals surface area contributed by atoms with Crippen molar-refractivity contribution >= 4 is 17.3 Å². The molecule has 2 fully saturated rings. The summed E-state index contributed by atoms with van der Waals surface area (Å²) in [6, 6.07) is 6.15. The van der Waals surface area contributed by atoms with Gasteiger partial charge < -0.3 is 20.2 Å². The number of aliphatic hydroxyl groups is 1. The molecule has 0 amide bonds. The molecule has 0 radical (unpaired) electrons. The van der Waals surface area contributed by atoms with Gasteiger partial charge in [-0.25, -0.2) is 0 Å². The van der Waals surface area contributed by atoms with E-state index in [1.165, 1.54) is 31.4 Å². The number of hydrogen-bond donors (Lipinski definition) is 2. The molecule has 4 nitrogen and oxygen atoms in total. The average molecular weight is 338 g/mol. The molecule has 0 aliphatic carbocycles. The molecule has 1 atom stereocenters. The van der Waals surface area contributed by atoms with Gasteiger partial charge in [-0.15, -0.1) is 0 Å². The van der Waals surface area contributed by atoms with E-state index in [0.29, 0.717) is 13.1 Å². The van der Waals surface area contributed by atoms with Crippen molar-refractivity contribution in [3.8, 4) is 0 Å². The molecule has 128 valence electrons. The van der Waals surface area contributed by atoms with Gasteiger partial charge in [0, 0.05) is 49.0 Å². The number of rotatable bonds is 7. The molecule has 1 aromatic carbocycles. The van der Waals surface area contributed by atoms with Crippen molar-refractivity contribution in [3.05, 3.63) is 28.8 Å². The van der Waals surface area contributed by atoms with Gasteiger partial charge in [0.2, 0.25) is 0 Å². The number of nitrogens with one attached hydrogen (secondary N) is 1. The summed E-state index contributed by atoms with van der Waals surface area (Å²) in [5, 5.41) is 14.4. The Morgan fingerprint density at radius 3 is 2.52 bits per heavy atom. The molecule has 2 saturated heterocycles. The SMILES string of the molecule is OC(CNCc1c(Cl)cccc1N1CCCC1)CN1CCCC1. The fraction of sp³-hybridized carbons (Fsp3) is 0.667. The van der Waals surface area contributed by atoms with Crippen molar-refractivity contribution in [2.75, 3.05) is 44.2 Å². The van der Waals surface area contributed by atoms with Gasteiger partial charge in [-0.1, -0.05) is 17.7 Å². The molecular formula is C18H28ClN3O. The molecule has 2 heterocycles. The summed E-state index contributed by atoms with van der Waals surface area (Å²) in [4.78, 5) is 4.76. The molecule has 2 aliphatic rings. The normalized spacial score (nSPS) is 20.3. The maximum absolute atomic E-state index is 10.2. The van der Waals surface area contributed by atoms with E-state index < -0.39 is 0 Å². The zero-order valence-corrected chi connectivity index (χ0v) is 14.6. The quantitative estimate of drug-likeness (QED) is 0.802. The van der Waals surface area contributed by atoms with E-state index in [4.69, 9.17) is 11.6 Å². The Bertz CT molecular complexity index is 499. The van der Waals surface area contributed by atoms with E-state index in [1.54, 1.807) is 0 Å². The largest absolute Gasteiger partial charge is 0.390 e. The minimum absolute atomic E-state index is 0.314. The van der Waals surface area contributed by atoms with Crippen LogP contribution in [0.2, 0.25) is 5.02 Å². The zero-order valence-electron chi connectivity index (χ0n) is 13.8. The molecule has 0 saturated carbocycles. The highest BCUT2D eigenvalue weighted by Crippen LogP contribution is 2.29. The Hall–Kier alpha value is -0.810. The maximum atomic E-state index is 10.2. The lowest BCUT2D eigenvalue weighted by atomic mass is 10.1.